The zero-order valence-electron chi connectivity index (χ0n) is 4.83. The molecule has 9 heavy (non-hydrogen) atoms. The largest absolute Gasteiger partial charge is 0.412 e. The number of aldehydes is 1. The van der Waals surface area contributed by atoms with Crippen LogP contribution in [0.1, 0.15) is 0 Å². The lowest BCUT2D eigenvalue weighted by Gasteiger charge is -1.71. The molecule has 0 atom stereocenters. The van der Waals surface area contributed by atoms with Gasteiger partial charge in [-0.25, -0.2) is 0 Å². The lowest BCUT2D eigenvalue weighted by molar-refractivity contribution is -0.111. The van der Waals surface area contributed by atoms with Gasteiger partial charge in [-0.15, -0.1) is 0 Å². The van der Waals surface area contributed by atoms with Crippen molar-refractivity contribution in [2.24, 2.45) is 0 Å². The van der Waals surface area contributed by atoms with Gasteiger partial charge in [-0.1, -0.05) is 6.58 Å². The summed E-state index contributed by atoms with van der Waals surface area (Å²) >= 11 is 0. The van der Waals surface area contributed by atoms with Gasteiger partial charge in [0, 0.05) is 0 Å². The van der Waals surface area contributed by atoms with Crippen LogP contribution in [0.5, 0.6) is 0 Å². The van der Waals surface area contributed by atoms with Crippen LogP contribution in [0.2, 0.25) is 0 Å². The third-order valence-electron chi connectivity index (χ3n) is 0.540. The van der Waals surface area contributed by atoms with Gasteiger partial charge in [0.05, 0.1) is 0 Å². The maximum absolute atomic E-state index is 10.2. The topological polar surface area (TPSA) is 65.6 Å². The third kappa shape index (κ3) is 6.78. The zero-order valence-corrected chi connectivity index (χ0v) is 4.83. The maximum Gasteiger partial charge on any atom is 0.178 e. The fraction of sp³-hybridized carbons (Fsp3) is 0. The van der Waals surface area contributed by atoms with Gasteiger partial charge >= 0.3 is 0 Å². The Bertz CT molecular complexity index is 135. The zero-order chi connectivity index (χ0) is 6.41. The predicted octanol–water partition coefficient (Wildman–Crippen LogP) is -0.328. The number of ketones is 1. The summed E-state index contributed by atoms with van der Waals surface area (Å²) in [6.45, 7) is 3.20. The normalized spacial score (nSPS) is 8.00. The minimum absolute atomic E-state index is 0. The number of hydrogen-bond acceptors (Lipinski definition) is 2. The van der Waals surface area contributed by atoms with Gasteiger partial charge in [0.2, 0.25) is 0 Å². The Hall–Kier alpha value is -1.22. The van der Waals surface area contributed by atoms with Crippen molar-refractivity contribution in [2.75, 3.05) is 0 Å². The third-order valence-corrected chi connectivity index (χ3v) is 0.540. The minimum atomic E-state index is -0.253. The van der Waals surface area contributed by atoms with Gasteiger partial charge in [-0.05, 0) is 18.2 Å². The van der Waals surface area contributed by atoms with E-state index in [4.69, 9.17) is 0 Å². The summed E-state index contributed by atoms with van der Waals surface area (Å²) in [7, 11) is 0. The Morgan fingerprint density at radius 1 is 1.44 bits per heavy atom. The Morgan fingerprint density at radius 2 is 2.00 bits per heavy atom. The van der Waals surface area contributed by atoms with Crippen LogP contribution in [0.15, 0.2) is 24.8 Å². The van der Waals surface area contributed by atoms with E-state index in [1.807, 2.05) is 0 Å². The first-order chi connectivity index (χ1) is 3.81. The quantitative estimate of drug-likeness (QED) is 0.386. The molecule has 0 aromatic heterocycles. The highest BCUT2D eigenvalue weighted by Gasteiger charge is 1.80. The van der Waals surface area contributed by atoms with E-state index in [-0.39, 0.29) is 11.3 Å². The van der Waals surface area contributed by atoms with Crippen LogP contribution >= 0.6 is 0 Å². The average molecular weight is 128 g/mol. The summed E-state index contributed by atoms with van der Waals surface area (Å²) in [5.74, 6) is -0.253. The highest BCUT2D eigenvalue weighted by Crippen LogP contribution is 1.73. The van der Waals surface area contributed by atoms with Crippen LogP contribution in [0, 0.1) is 0 Å². The minimum Gasteiger partial charge on any atom is -0.412 e. The molecular weight excluding hydrogens is 120 g/mol. The van der Waals surface area contributed by atoms with Gasteiger partial charge in [-0.2, -0.15) is 0 Å². The molecule has 0 aromatic rings. The van der Waals surface area contributed by atoms with Crippen molar-refractivity contribution in [2.45, 2.75) is 0 Å². The van der Waals surface area contributed by atoms with E-state index in [1.54, 1.807) is 0 Å². The summed E-state index contributed by atoms with van der Waals surface area (Å²) in [5.41, 5.74) is 0. The standard InChI is InChI=1S/C6H6O2.H2O/c1-2-6(8)4-3-5-7;/h2-5H,1H2;1H2. The molecule has 3 nitrogen and oxygen atoms in total. The van der Waals surface area contributed by atoms with Gasteiger partial charge < -0.3 is 5.48 Å². The number of hydrogen-bond donors (Lipinski definition) is 0. The first-order valence-corrected chi connectivity index (χ1v) is 2.09. The number of carbonyl (C=O) groups excluding carboxylic acids is 2. The molecule has 0 aliphatic heterocycles. The molecule has 0 fully saturated rings. The van der Waals surface area contributed by atoms with Crippen LogP contribution in [0.25, 0.3) is 0 Å². The van der Waals surface area contributed by atoms with Crippen molar-refractivity contribution in [3.8, 4) is 0 Å². The van der Waals surface area contributed by atoms with E-state index in [9.17, 15) is 9.59 Å². The molecule has 50 valence electrons. The molecule has 3 heteroatoms. The molecule has 0 amide bonds. The fourth-order valence-corrected chi connectivity index (χ4v) is 0.202. The first-order valence-electron chi connectivity index (χ1n) is 2.09. The highest BCUT2D eigenvalue weighted by molar-refractivity contribution is 6.00. The Kier molecular flexibility index (Phi) is 8.06. The van der Waals surface area contributed by atoms with E-state index < -0.39 is 0 Å². The first kappa shape index (κ1) is 10.7. The van der Waals surface area contributed by atoms with E-state index in [2.05, 4.69) is 6.58 Å². The summed E-state index contributed by atoms with van der Waals surface area (Å²) in [6, 6.07) is 0. The molecule has 0 saturated heterocycles. The smallest absolute Gasteiger partial charge is 0.178 e. The number of rotatable bonds is 3. The second-order valence-corrected chi connectivity index (χ2v) is 1.10. The Balaban J connectivity index is 0. The Labute approximate surface area is 53.0 Å². The van der Waals surface area contributed by atoms with E-state index in [0.29, 0.717) is 6.29 Å². The van der Waals surface area contributed by atoms with Gasteiger partial charge in [0.1, 0.15) is 6.29 Å². The van der Waals surface area contributed by atoms with Crippen molar-refractivity contribution < 1.29 is 15.1 Å². The van der Waals surface area contributed by atoms with Gasteiger partial charge in [-0.3, -0.25) is 9.59 Å². The molecule has 0 unspecified atom stereocenters. The van der Waals surface area contributed by atoms with E-state index in [0.717, 1.165) is 18.2 Å². The van der Waals surface area contributed by atoms with Crippen LogP contribution in [0.3, 0.4) is 0 Å². The van der Waals surface area contributed by atoms with Crippen molar-refractivity contribution in [3.05, 3.63) is 24.8 Å². The Morgan fingerprint density at radius 3 is 2.33 bits per heavy atom. The molecular formula is C6H8O3. The molecule has 0 aromatic carbocycles. The monoisotopic (exact) mass is 128 g/mol. The SMILES string of the molecule is C=CC(=O)C=CC=O.O. The highest BCUT2D eigenvalue weighted by atomic mass is 16.1. The predicted molar refractivity (Wildman–Crippen MR) is 34.0 cm³/mol. The lowest BCUT2D eigenvalue weighted by atomic mass is 10.3. The van der Waals surface area contributed by atoms with Crippen LogP contribution in [0.4, 0.5) is 0 Å². The summed E-state index contributed by atoms with van der Waals surface area (Å²) in [6.07, 6.45) is 3.96. The van der Waals surface area contributed by atoms with Crippen LogP contribution in [-0.4, -0.2) is 17.5 Å². The van der Waals surface area contributed by atoms with E-state index >= 15 is 0 Å². The van der Waals surface area contributed by atoms with Gasteiger partial charge in [0.25, 0.3) is 0 Å². The van der Waals surface area contributed by atoms with E-state index in [1.165, 1.54) is 0 Å². The molecule has 0 heterocycles. The summed E-state index contributed by atoms with van der Waals surface area (Å²) in [4.78, 5) is 19.8. The molecule has 0 aliphatic carbocycles. The van der Waals surface area contributed by atoms with Crippen molar-refractivity contribution in [1.82, 2.24) is 0 Å². The van der Waals surface area contributed by atoms with Crippen LogP contribution < -0.4 is 0 Å². The number of allylic oxidation sites excluding steroid dienone is 3. The second kappa shape index (κ2) is 6.78. The number of carbonyl (C=O) groups is 2. The lowest BCUT2D eigenvalue weighted by Crippen LogP contribution is -1.81. The van der Waals surface area contributed by atoms with Crippen molar-refractivity contribution >= 4 is 12.1 Å². The summed E-state index contributed by atoms with van der Waals surface area (Å²) < 4.78 is 0. The second-order valence-electron chi connectivity index (χ2n) is 1.10. The van der Waals surface area contributed by atoms with Crippen molar-refractivity contribution in [1.29, 1.82) is 0 Å². The maximum atomic E-state index is 10.2. The average Bonchev–Trinajstić information content (AvgIpc) is 1.83. The van der Waals surface area contributed by atoms with Crippen molar-refractivity contribution in [3.63, 3.8) is 0 Å². The molecule has 0 bridgehead atoms. The van der Waals surface area contributed by atoms with Crippen LogP contribution in [-0.2, 0) is 9.59 Å². The molecule has 0 radical (unpaired) electrons. The molecule has 0 spiro atoms. The molecule has 2 N–H and O–H groups in total. The fourth-order valence-electron chi connectivity index (χ4n) is 0.202. The molecule has 0 aliphatic rings. The molecule has 0 saturated carbocycles. The molecule has 0 rings (SSSR count). The van der Waals surface area contributed by atoms with Gasteiger partial charge in [0.15, 0.2) is 5.78 Å². The summed E-state index contributed by atoms with van der Waals surface area (Å²) in [5, 5.41) is 0.